The maximum absolute atomic E-state index is 12.1. The van der Waals surface area contributed by atoms with E-state index in [-0.39, 0.29) is 12.0 Å². The average Bonchev–Trinajstić information content (AvgIpc) is 2.61. The largest absolute Gasteiger partial charge is 0.391 e. The van der Waals surface area contributed by atoms with Gasteiger partial charge in [-0.3, -0.25) is 4.79 Å². The molecular formula is C12H18N2O3. The third-order valence-electron chi connectivity index (χ3n) is 3.26. The molecule has 0 spiro atoms. The van der Waals surface area contributed by atoms with Crippen molar-refractivity contribution < 1.29 is 14.4 Å². The van der Waals surface area contributed by atoms with Crippen molar-refractivity contribution in [3.63, 3.8) is 0 Å². The summed E-state index contributed by atoms with van der Waals surface area (Å²) in [4.78, 5) is 13.8. The molecule has 0 aliphatic carbocycles. The Morgan fingerprint density at radius 3 is 2.94 bits per heavy atom. The molecule has 1 atom stereocenters. The van der Waals surface area contributed by atoms with E-state index in [1.54, 1.807) is 4.90 Å². The number of nitrogens with zero attached hydrogens (tertiary/aromatic N) is 2. The lowest BCUT2D eigenvalue weighted by molar-refractivity contribution is -0.133. The Morgan fingerprint density at radius 2 is 2.35 bits per heavy atom. The second kappa shape index (κ2) is 4.87. The van der Waals surface area contributed by atoms with Crippen molar-refractivity contribution in [2.75, 3.05) is 13.1 Å². The van der Waals surface area contributed by atoms with Gasteiger partial charge in [0.25, 0.3) is 0 Å². The van der Waals surface area contributed by atoms with Gasteiger partial charge in [-0.2, -0.15) is 0 Å². The Balaban J connectivity index is 2.01. The zero-order valence-corrected chi connectivity index (χ0v) is 10.3. The molecule has 1 N–H and O–H groups in total. The Kier molecular flexibility index (Phi) is 3.47. The molecule has 1 saturated heterocycles. The average molecular weight is 238 g/mol. The standard InChI is InChI=1S/C12H18N2O3/c1-8-11(9(2)17-13-8)6-12(16)14-5-3-4-10(15)7-14/h10,15H,3-7H2,1-2H3/t10-/m1/s1. The van der Waals surface area contributed by atoms with Crippen LogP contribution in [0.3, 0.4) is 0 Å². The summed E-state index contributed by atoms with van der Waals surface area (Å²) in [5.41, 5.74) is 1.64. The van der Waals surface area contributed by atoms with Crippen molar-refractivity contribution >= 4 is 5.91 Å². The van der Waals surface area contributed by atoms with Crippen molar-refractivity contribution in [3.05, 3.63) is 17.0 Å². The highest BCUT2D eigenvalue weighted by Gasteiger charge is 2.23. The van der Waals surface area contributed by atoms with Gasteiger partial charge in [-0.05, 0) is 26.7 Å². The number of piperidine rings is 1. The predicted molar refractivity (Wildman–Crippen MR) is 61.5 cm³/mol. The zero-order valence-electron chi connectivity index (χ0n) is 10.3. The molecule has 0 aromatic carbocycles. The first-order valence-corrected chi connectivity index (χ1v) is 5.95. The van der Waals surface area contributed by atoms with Crippen LogP contribution in [0.2, 0.25) is 0 Å². The highest BCUT2D eigenvalue weighted by molar-refractivity contribution is 5.79. The molecule has 1 aliphatic heterocycles. The van der Waals surface area contributed by atoms with Crippen LogP contribution in [0.15, 0.2) is 4.52 Å². The number of likely N-dealkylation sites (tertiary alicyclic amines) is 1. The molecule has 0 bridgehead atoms. The summed E-state index contributed by atoms with van der Waals surface area (Å²) in [7, 11) is 0. The summed E-state index contributed by atoms with van der Waals surface area (Å²) in [5, 5.41) is 13.4. The molecule has 1 fully saturated rings. The van der Waals surface area contributed by atoms with Crippen LogP contribution in [0.25, 0.3) is 0 Å². The van der Waals surface area contributed by atoms with E-state index in [4.69, 9.17) is 4.52 Å². The molecule has 1 amide bonds. The van der Waals surface area contributed by atoms with Gasteiger partial charge in [0, 0.05) is 18.7 Å². The highest BCUT2D eigenvalue weighted by Crippen LogP contribution is 2.16. The lowest BCUT2D eigenvalue weighted by atomic mass is 10.1. The molecule has 94 valence electrons. The van der Waals surface area contributed by atoms with Gasteiger partial charge in [0.2, 0.25) is 5.91 Å². The number of aryl methyl sites for hydroxylation is 2. The van der Waals surface area contributed by atoms with Gasteiger partial charge in [-0.25, -0.2) is 0 Å². The Hall–Kier alpha value is -1.36. The molecule has 0 radical (unpaired) electrons. The summed E-state index contributed by atoms with van der Waals surface area (Å²) in [6.07, 6.45) is 1.59. The molecule has 0 saturated carbocycles. The number of amides is 1. The van der Waals surface area contributed by atoms with Crippen molar-refractivity contribution in [1.82, 2.24) is 10.1 Å². The normalized spacial score (nSPS) is 20.6. The quantitative estimate of drug-likeness (QED) is 0.828. The number of β-amino-alcohol motifs (C(OH)–C–C–N with tert-alkyl or cyclic N) is 1. The first kappa shape index (κ1) is 12.1. The lowest BCUT2D eigenvalue weighted by Crippen LogP contribution is -2.42. The van der Waals surface area contributed by atoms with E-state index >= 15 is 0 Å². The summed E-state index contributed by atoms with van der Waals surface area (Å²) in [6, 6.07) is 0. The predicted octanol–water partition coefficient (Wildman–Crippen LogP) is 0.817. The second-order valence-electron chi connectivity index (χ2n) is 4.62. The fraction of sp³-hybridized carbons (Fsp3) is 0.667. The minimum atomic E-state index is -0.377. The van der Waals surface area contributed by atoms with Crippen LogP contribution in [0, 0.1) is 13.8 Å². The van der Waals surface area contributed by atoms with Gasteiger partial charge < -0.3 is 14.5 Å². The summed E-state index contributed by atoms with van der Waals surface area (Å²) in [6.45, 7) is 4.83. The molecule has 0 unspecified atom stereocenters. The summed E-state index contributed by atoms with van der Waals surface area (Å²) in [5.74, 6) is 0.742. The molecule has 1 aliphatic rings. The van der Waals surface area contributed by atoms with E-state index in [9.17, 15) is 9.90 Å². The third kappa shape index (κ3) is 2.66. The fourth-order valence-corrected chi connectivity index (χ4v) is 2.20. The number of hydrogen-bond acceptors (Lipinski definition) is 4. The smallest absolute Gasteiger partial charge is 0.227 e. The van der Waals surface area contributed by atoms with Gasteiger partial charge >= 0.3 is 0 Å². The number of aromatic nitrogens is 1. The SMILES string of the molecule is Cc1noc(C)c1CC(=O)N1CCC[C@@H](O)C1. The number of carbonyl (C=O) groups is 1. The number of aliphatic hydroxyl groups is 1. The van der Waals surface area contributed by atoms with Crippen molar-refractivity contribution in [2.24, 2.45) is 0 Å². The minimum Gasteiger partial charge on any atom is -0.391 e. The molecule has 2 heterocycles. The van der Waals surface area contributed by atoms with Crippen molar-refractivity contribution in [1.29, 1.82) is 0 Å². The van der Waals surface area contributed by atoms with Gasteiger partial charge in [0.15, 0.2) is 0 Å². The van der Waals surface area contributed by atoms with Crippen molar-refractivity contribution in [3.8, 4) is 0 Å². The lowest BCUT2D eigenvalue weighted by Gasteiger charge is -2.30. The number of rotatable bonds is 2. The van der Waals surface area contributed by atoms with Gasteiger partial charge in [0.1, 0.15) is 5.76 Å². The fourth-order valence-electron chi connectivity index (χ4n) is 2.20. The Labute approximate surface area is 100 Å². The molecule has 1 aromatic heterocycles. The van der Waals surface area contributed by atoms with E-state index in [1.807, 2.05) is 13.8 Å². The number of hydrogen-bond donors (Lipinski definition) is 1. The maximum Gasteiger partial charge on any atom is 0.227 e. The molecule has 2 rings (SSSR count). The first-order chi connectivity index (χ1) is 8.08. The van der Waals surface area contributed by atoms with Gasteiger partial charge in [-0.1, -0.05) is 5.16 Å². The molecule has 5 nitrogen and oxygen atoms in total. The highest BCUT2D eigenvalue weighted by atomic mass is 16.5. The third-order valence-corrected chi connectivity index (χ3v) is 3.26. The molecular weight excluding hydrogens is 220 g/mol. The number of carbonyl (C=O) groups excluding carboxylic acids is 1. The topological polar surface area (TPSA) is 66.6 Å². The van der Waals surface area contributed by atoms with Crippen LogP contribution >= 0.6 is 0 Å². The van der Waals surface area contributed by atoms with Crippen LogP contribution in [0.1, 0.15) is 29.9 Å². The summed E-state index contributed by atoms with van der Waals surface area (Å²) >= 11 is 0. The van der Waals surface area contributed by atoms with Gasteiger partial charge in [0.05, 0.1) is 18.2 Å². The van der Waals surface area contributed by atoms with Crippen LogP contribution in [0.4, 0.5) is 0 Å². The first-order valence-electron chi connectivity index (χ1n) is 5.95. The van der Waals surface area contributed by atoms with Crippen LogP contribution in [0.5, 0.6) is 0 Å². The maximum atomic E-state index is 12.1. The molecule has 5 heteroatoms. The van der Waals surface area contributed by atoms with Crippen LogP contribution in [-0.2, 0) is 11.2 Å². The van der Waals surface area contributed by atoms with Crippen LogP contribution < -0.4 is 0 Å². The Morgan fingerprint density at radius 1 is 1.59 bits per heavy atom. The zero-order chi connectivity index (χ0) is 12.4. The van der Waals surface area contributed by atoms with Crippen molar-refractivity contribution in [2.45, 2.75) is 39.2 Å². The van der Waals surface area contributed by atoms with Gasteiger partial charge in [-0.15, -0.1) is 0 Å². The van der Waals surface area contributed by atoms with E-state index in [1.165, 1.54) is 0 Å². The van der Waals surface area contributed by atoms with E-state index in [2.05, 4.69) is 5.16 Å². The minimum absolute atomic E-state index is 0.0400. The van der Waals surface area contributed by atoms with E-state index < -0.39 is 0 Å². The molecule has 17 heavy (non-hydrogen) atoms. The Bertz CT molecular complexity index is 394. The monoisotopic (exact) mass is 238 g/mol. The molecule has 1 aromatic rings. The van der Waals surface area contributed by atoms with E-state index in [0.717, 1.165) is 30.6 Å². The second-order valence-corrected chi connectivity index (χ2v) is 4.62. The number of aliphatic hydroxyl groups excluding tert-OH is 1. The van der Waals surface area contributed by atoms with Crippen LogP contribution in [-0.4, -0.2) is 40.3 Å². The summed E-state index contributed by atoms with van der Waals surface area (Å²) < 4.78 is 5.03. The van der Waals surface area contributed by atoms with E-state index in [0.29, 0.717) is 18.7 Å².